The largest absolute Gasteiger partial charge is 0.324 e. The molecule has 0 bridgehead atoms. The third-order valence-corrected chi connectivity index (χ3v) is 6.57. The van der Waals surface area contributed by atoms with Crippen LogP contribution in [0.2, 0.25) is 0 Å². The maximum atomic E-state index is 12.9. The first-order chi connectivity index (χ1) is 18.0. The van der Waals surface area contributed by atoms with Gasteiger partial charge in [0, 0.05) is 73.8 Å². The van der Waals surface area contributed by atoms with Crippen molar-refractivity contribution in [2.45, 2.75) is 13.5 Å². The number of carbonyl (C=O) groups excluding carboxylic acids is 1. The van der Waals surface area contributed by atoms with Crippen LogP contribution in [0.5, 0.6) is 0 Å². The van der Waals surface area contributed by atoms with Crippen molar-refractivity contribution in [2.24, 2.45) is 0 Å². The first kappa shape index (κ1) is 24.5. The van der Waals surface area contributed by atoms with Crippen LogP contribution in [0.15, 0.2) is 79.3 Å². The summed E-state index contributed by atoms with van der Waals surface area (Å²) in [6.45, 7) is 7.24. The number of rotatable bonds is 7. The molecule has 0 unspecified atom stereocenters. The van der Waals surface area contributed by atoms with Gasteiger partial charge in [-0.15, -0.1) is 0 Å². The lowest BCUT2D eigenvalue weighted by atomic mass is 10.1. The minimum Gasteiger partial charge on any atom is -0.324 e. The molecule has 0 aliphatic carbocycles. The monoisotopic (exact) mass is 492 g/mol. The predicted molar refractivity (Wildman–Crippen MR) is 147 cm³/mol. The minimum absolute atomic E-state index is 0.143. The number of aryl methyl sites for hydroxylation is 1. The van der Waals surface area contributed by atoms with Crippen molar-refractivity contribution >= 4 is 23.2 Å². The summed E-state index contributed by atoms with van der Waals surface area (Å²) in [6.07, 6.45) is 5.22. The van der Waals surface area contributed by atoms with Crippen LogP contribution in [0.1, 0.15) is 21.5 Å². The number of piperazine rings is 1. The second-order valence-electron chi connectivity index (χ2n) is 9.39. The van der Waals surface area contributed by atoms with E-state index in [2.05, 4.69) is 42.4 Å². The topological polar surface area (TPSA) is 86.3 Å². The maximum absolute atomic E-state index is 12.9. The Morgan fingerprint density at radius 2 is 1.78 bits per heavy atom. The molecule has 0 radical (unpaired) electrons. The highest BCUT2D eigenvalue weighted by atomic mass is 16.1. The van der Waals surface area contributed by atoms with Crippen molar-refractivity contribution in [1.29, 1.82) is 0 Å². The van der Waals surface area contributed by atoms with Crippen molar-refractivity contribution in [3.63, 3.8) is 0 Å². The molecule has 0 spiro atoms. The summed E-state index contributed by atoms with van der Waals surface area (Å²) in [6, 6.07) is 19.3. The fraction of sp³-hybridized carbons (Fsp3) is 0.241. The molecule has 8 heteroatoms. The van der Waals surface area contributed by atoms with Gasteiger partial charge < -0.3 is 15.5 Å². The highest BCUT2D eigenvalue weighted by Crippen LogP contribution is 2.24. The van der Waals surface area contributed by atoms with Crippen molar-refractivity contribution in [1.82, 2.24) is 24.8 Å². The van der Waals surface area contributed by atoms with E-state index in [1.54, 1.807) is 18.6 Å². The van der Waals surface area contributed by atoms with Crippen LogP contribution < -0.4 is 10.6 Å². The van der Waals surface area contributed by atoms with Crippen molar-refractivity contribution in [3.05, 3.63) is 95.9 Å². The van der Waals surface area contributed by atoms with Crippen LogP contribution in [-0.2, 0) is 6.54 Å². The van der Waals surface area contributed by atoms with Gasteiger partial charge in [-0.05, 0) is 67.6 Å². The molecular weight excluding hydrogens is 461 g/mol. The summed E-state index contributed by atoms with van der Waals surface area (Å²) in [4.78, 5) is 30.9. The number of carbonyl (C=O) groups is 1. The van der Waals surface area contributed by atoms with E-state index in [0.717, 1.165) is 55.2 Å². The zero-order chi connectivity index (χ0) is 25.6. The van der Waals surface area contributed by atoms with Crippen molar-refractivity contribution in [3.8, 4) is 11.3 Å². The molecule has 4 aromatic rings. The highest BCUT2D eigenvalue weighted by molar-refractivity contribution is 6.04. The van der Waals surface area contributed by atoms with Crippen LogP contribution in [0, 0.1) is 6.92 Å². The van der Waals surface area contributed by atoms with Gasteiger partial charge in [-0.25, -0.2) is 9.97 Å². The Kier molecular flexibility index (Phi) is 7.49. The molecule has 1 aliphatic heterocycles. The molecule has 0 saturated carbocycles. The molecule has 1 aliphatic rings. The number of likely N-dealkylation sites (N-methyl/N-ethyl adjacent to an activating group) is 1. The predicted octanol–water partition coefficient (Wildman–Crippen LogP) is 4.59. The van der Waals surface area contributed by atoms with E-state index in [1.807, 2.05) is 67.6 Å². The van der Waals surface area contributed by atoms with Crippen molar-refractivity contribution < 1.29 is 4.79 Å². The molecule has 2 aromatic carbocycles. The van der Waals surface area contributed by atoms with Crippen LogP contribution in [0.4, 0.5) is 17.3 Å². The average Bonchev–Trinajstić information content (AvgIpc) is 2.93. The Bertz CT molecular complexity index is 1350. The Morgan fingerprint density at radius 1 is 0.973 bits per heavy atom. The van der Waals surface area contributed by atoms with E-state index in [9.17, 15) is 4.79 Å². The molecular formula is C29H31N7O. The van der Waals surface area contributed by atoms with Crippen molar-refractivity contribution in [2.75, 3.05) is 43.9 Å². The summed E-state index contributed by atoms with van der Waals surface area (Å²) < 4.78 is 0. The lowest BCUT2D eigenvalue weighted by molar-refractivity contribution is 0.102. The van der Waals surface area contributed by atoms with E-state index in [1.165, 1.54) is 5.56 Å². The molecule has 8 nitrogen and oxygen atoms in total. The lowest BCUT2D eigenvalue weighted by Gasteiger charge is -2.32. The fourth-order valence-corrected chi connectivity index (χ4v) is 4.28. The zero-order valence-electron chi connectivity index (χ0n) is 21.2. The molecule has 5 rings (SSSR count). The second-order valence-corrected chi connectivity index (χ2v) is 9.39. The number of nitrogens with one attached hydrogen (secondary N) is 2. The van der Waals surface area contributed by atoms with Crippen LogP contribution in [0.25, 0.3) is 11.3 Å². The minimum atomic E-state index is -0.143. The number of nitrogens with zero attached hydrogens (tertiary/aromatic N) is 5. The molecule has 1 fully saturated rings. The van der Waals surface area contributed by atoms with Gasteiger partial charge in [0.2, 0.25) is 5.95 Å². The van der Waals surface area contributed by atoms with Gasteiger partial charge in [0.05, 0.1) is 5.69 Å². The van der Waals surface area contributed by atoms with Gasteiger partial charge in [0.15, 0.2) is 0 Å². The van der Waals surface area contributed by atoms with Crippen LogP contribution in [-0.4, -0.2) is 63.9 Å². The Morgan fingerprint density at radius 3 is 2.54 bits per heavy atom. The fourth-order valence-electron chi connectivity index (χ4n) is 4.28. The zero-order valence-corrected chi connectivity index (χ0v) is 21.2. The van der Waals surface area contributed by atoms with E-state index < -0.39 is 0 Å². The SMILES string of the molecule is Cc1ccc(NC(=O)c2ccc(CN3CCN([11CH3])CC3)cc2)cc1Nc1nccc(-c2cccnc2)n1. The number of benzene rings is 2. The summed E-state index contributed by atoms with van der Waals surface area (Å²) >= 11 is 0. The first-order valence-electron chi connectivity index (χ1n) is 12.5. The maximum Gasteiger partial charge on any atom is 0.255 e. The third kappa shape index (κ3) is 6.35. The highest BCUT2D eigenvalue weighted by Gasteiger charge is 2.14. The lowest BCUT2D eigenvalue weighted by Crippen LogP contribution is -2.43. The van der Waals surface area contributed by atoms with E-state index in [0.29, 0.717) is 17.2 Å². The Labute approximate surface area is 217 Å². The molecule has 1 amide bonds. The normalized spacial score (nSPS) is 14.3. The first-order valence-corrected chi connectivity index (χ1v) is 12.5. The summed E-state index contributed by atoms with van der Waals surface area (Å²) in [5, 5.41) is 6.29. The van der Waals surface area contributed by atoms with E-state index >= 15 is 0 Å². The van der Waals surface area contributed by atoms with Gasteiger partial charge in [-0.2, -0.15) is 0 Å². The number of hydrogen-bond donors (Lipinski definition) is 2. The smallest absolute Gasteiger partial charge is 0.255 e. The third-order valence-electron chi connectivity index (χ3n) is 6.57. The number of pyridine rings is 1. The van der Waals surface area contributed by atoms with E-state index in [-0.39, 0.29) is 5.91 Å². The number of aromatic nitrogens is 3. The second kappa shape index (κ2) is 11.3. The van der Waals surface area contributed by atoms with Gasteiger partial charge >= 0.3 is 0 Å². The number of hydrogen-bond acceptors (Lipinski definition) is 7. The molecule has 188 valence electrons. The molecule has 0 atom stereocenters. The molecule has 2 aromatic heterocycles. The quantitative estimate of drug-likeness (QED) is 0.390. The standard InChI is InChI=1S/C29H31N7O/c1-21-5-10-25(18-27(21)34-29-31-13-11-26(33-29)24-4-3-12-30-19-24)32-28(37)23-8-6-22(7-9-23)20-36-16-14-35(2)15-17-36/h3-13,18-19H,14-17,20H2,1-2H3,(H,32,37)(H,31,33,34)/i2-1. The Balaban J connectivity index is 1.24. The van der Waals surface area contributed by atoms with Crippen LogP contribution >= 0.6 is 0 Å². The van der Waals surface area contributed by atoms with Gasteiger partial charge in [-0.3, -0.25) is 14.7 Å². The Hall–Kier alpha value is -4.14. The summed E-state index contributed by atoms with van der Waals surface area (Å²) in [5.41, 5.74) is 6.08. The molecule has 37 heavy (non-hydrogen) atoms. The molecule has 1 saturated heterocycles. The van der Waals surface area contributed by atoms with Gasteiger partial charge in [-0.1, -0.05) is 18.2 Å². The average molecular weight is 493 g/mol. The summed E-state index contributed by atoms with van der Waals surface area (Å²) in [7, 11) is 2.16. The number of amides is 1. The van der Waals surface area contributed by atoms with E-state index in [4.69, 9.17) is 0 Å². The number of anilines is 3. The molecule has 3 heterocycles. The molecule has 2 N–H and O–H groups in total. The van der Waals surface area contributed by atoms with Crippen LogP contribution in [0.3, 0.4) is 0 Å². The van der Waals surface area contributed by atoms with Gasteiger partial charge in [0.25, 0.3) is 5.91 Å². The van der Waals surface area contributed by atoms with Gasteiger partial charge in [0.1, 0.15) is 0 Å². The summed E-state index contributed by atoms with van der Waals surface area (Å²) in [5.74, 6) is 0.333.